The van der Waals surface area contributed by atoms with Crippen LogP contribution >= 0.6 is 0 Å². The molecule has 2 N–H and O–H groups in total. The van der Waals surface area contributed by atoms with Crippen LogP contribution in [0.1, 0.15) is 10.4 Å². The molecule has 1 aromatic rings. The minimum Gasteiger partial charge on any atom is -0.366 e. The van der Waals surface area contributed by atoms with E-state index in [0.717, 1.165) is 6.20 Å². The van der Waals surface area contributed by atoms with Crippen LogP contribution in [0.15, 0.2) is 22.7 Å². The van der Waals surface area contributed by atoms with Crippen LogP contribution in [0.25, 0.3) is 0 Å². The molecule has 13 heavy (non-hydrogen) atoms. The third-order valence-electron chi connectivity index (χ3n) is 1.20. The van der Waals surface area contributed by atoms with Crippen LogP contribution in [0, 0.1) is 0 Å². The highest BCUT2D eigenvalue weighted by Gasteiger charge is 1.99. The molecule has 0 saturated heterocycles. The van der Waals surface area contributed by atoms with Crippen LogP contribution in [-0.2, 0) is 10.5 Å². The Bertz CT molecular complexity index is 441. The van der Waals surface area contributed by atoms with Gasteiger partial charge in [-0.2, -0.15) is 8.42 Å². The fraction of sp³-hybridized carbons (Fsp3) is 0. The summed E-state index contributed by atoms with van der Waals surface area (Å²) in [7, 11) is -2.54. The van der Waals surface area contributed by atoms with E-state index >= 15 is 0 Å². The maximum atomic E-state index is 10.6. The molecular weight excluding hydrogens is 194 g/mol. The molecule has 0 spiro atoms. The van der Waals surface area contributed by atoms with E-state index in [1.54, 1.807) is 0 Å². The van der Waals surface area contributed by atoms with Crippen LogP contribution in [0.4, 0.5) is 5.82 Å². The Kier molecular flexibility index (Phi) is 2.70. The summed E-state index contributed by atoms with van der Waals surface area (Å²) in [5.41, 5.74) is 5.14. The average Bonchev–Trinajstić information content (AvgIpc) is 2.04. The van der Waals surface area contributed by atoms with Gasteiger partial charge in [-0.25, -0.2) is 4.98 Å². The van der Waals surface area contributed by atoms with E-state index in [0.29, 0.717) is 0 Å². The van der Waals surface area contributed by atoms with E-state index in [4.69, 9.17) is 5.73 Å². The number of pyridine rings is 1. The van der Waals surface area contributed by atoms with Gasteiger partial charge in [-0.05, 0) is 12.1 Å². The molecule has 1 aromatic heterocycles. The molecule has 1 rings (SSSR count). The summed E-state index contributed by atoms with van der Waals surface area (Å²) >= 11 is 0. The zero-order valence-electron chi connectivity index (χ0n) is 6.34. The highest BCUT2D eigenvalue weighted by Crippen LogP contribution is 2.07. The van der Waals surface area contributed by atoms with Crippen molar-refractivity contribution in [3.8, 4) is 0 Å². The Hall–Kier alpha value is -1.76. The Morgan fingerprint density at radius 1 is 1.46 bits per heavy atom. The molecule has 0 aliphatic rings. The molecule has 0 aliphatic heterocycles. The lowest BCUT2D eigenvalue weighted by atomic mass is 10.3. The normalized spacial score (nSPS) is 9.23. The van der Waals surface area contributed by atoms with Crippen molar-refractivity contribution in [3.63, 3.8) is 0 Å². The van der Waals surface area contributed by atoms with Crippen LogP contribution < -0.4 is 5.73 Å². The quantitative estimate of drug-likeness (QED) is 0.716. The average molecular weight is 199 g/mol. The largest absolute Gasteiger partial charge is 0.366 e. The summed E-state index contributed by atoms with van der Waals surface area (Å²) in [4.78, 5) is 14.1. The van der Waals surface area contributed by atoms with Gasteiger partial charge < -0.3 is 5.73 Å². The van der Waals surface area contributed by atoms with E-state index in [1.165, 1.54) is 12.1 Å². The minimum absolute atomic E-state index is 0.0123. The van der Waals surface area contributed by atoms with Gasteiger partial charge in [0.2, 0.25) is 5.91 Å². The minimum atomic E-state index is -2.54. The van der Waals surface area contributed by atoms with E-state index in [1.807, 2.05) is 0 Å². The number of rotatable bonds is 2. The highest BCUT2D eigenvalue weighted by molar-refractivity contribution is 7.61. The lowest BCUT2D eigenvalue weighted by Crippen LogP contribution is -2.10. The molecule has 0 aromatic carbocycles. The number of amides is 1. The van der Waals surface area contributed by atoms with Crippen molar-refractivity contribution in [3.05, 3.63) is 23.9 Å². The van der Waals surface area contributed by atoms with Gasteiger partial charge in [-0.15, -0.1) is 4.36 Å². The third-order valence-corrected chi connectivity index (χ3v) is 1.54. The van der Waals surface area contributed by atoms with Gasteiger partial charge >= 0.3 is 10.5 Å². The lowest BCUT2D eigenvalue weighted by molar-refractivity contribution is 0.1000. The number of hydrogen-bond donors (Lipinski definition) is 1. The predicted octanol–water partition coefficient (Wildman–Crippen LogP) is -0.125. The van der Waals surface area contributed by atoms with Gasteiger partial charge in [0.1, 0.15) is 0 Å². The van der Waals surface area contributed by atoms with Crippen molar-refractivity contribution in [2.24, 2.45) is 10.1 Å². The summed E-state index contributed by atoms with van der Waals surface area (Å²) < 4.78 is 23.3. The third kappa shape index (κ3) is 2.64. The first-order valence-electron chi connectivity index (χ1n) is 3.16. The number of carbonyl (C=O) groups excluding carboxylic acids is 1. The second-order valence-electron chi connectivity index (χ2n) is 2.08. The highest BCUT2D eigenvalue weighted by atomic mass is 32.2. The Morgan fingerprint density at radius 3 is 2.54 bits per heavy atom. The van der Waals surface area contributed by atoms with Crippen molar-refractivity contribution in [2.45, 2.75) is 0 Å². The van der Waals surface area contributed by atoms with E-state index in [2.05, 4.69) is 9.35 Å². The van der Waals surface area contributed by atoms with Gasteiger partial charge in [0.25, 0.3) is 0 Å². The molecule has 0 radical (unpaired) electrons. The summed E-state index contributed by atoms with van der Waals surface area (Å²) in [6.45, 7) is 0. The molecular formula is C6H5N3O3S. The molecule has 1 heterocycles. The Balaban J connectivity index is 3.07. The molecule has 68 valence electrons. The predicted molar refractivity (Wildman–Crippen MR) is 43.8 cm³/mol. The maximum absolute atomic E-state index is 10.6. The first-order chi connectivity index (χ1) is 6.09. The molecule has 0 fully saturated rings. The number of aromatic nitrogens is 1. The number of nitrogens with zero attached hydrogens (tertiary/aromatic N) is 2. The Morgan fingerprint density at radius 2 is 2.15 bits per heavy atom. The smallest absolute Gasteiger partial charge is 0.317 e. The number of nitrogens with two attached hydrogens (primary N) is 1. The first-order valence-corrected chi connectivity index (χ1v) is 4.20. The van der Waals surface area contributed by atoms with E-state index < -0.39 is 16.4 Å². The van der Waals surface area contributed by atoms with Gasteiger partial charge in [-0.1, -0.05) is 0 Å². The molecule has 1 amide bonds. The van der Waals surface area contributed by atoms with Crippen LogP contribution in [-0.4, -0.2) is 19.3 Å². The first kappa shape index (κ1) is 9.33. The fourth-order valence-corrected chi connectivity index (χ4v) is 0.923. The van der Waals surface area contributed by atoms with Crippen molar-refractivity contribution < 1.29 is 13.2 Å². The van der Waals surface area contributed by atoms with Crippen molar-refractivity contribution in [1.82, 2.24) is 4.98 Å². The zero-order chi connectivity index (χ0) is 9.84. The van der Waals surface area contributed by atoms with Crippen LogP contribution in [0.5, 0.6) is 0 Å². The maximum Gasteiger partial charge on any atom is 0.317 e. The number of hydrogen-bond acceptors (Lipinski definition) is 5. The van der Waals surface area contributed by atoms with E-state index in [9.17, 15) is 13.2 Å². The van der Waals surface area contributed by atoms with Gasteiger partial charge in [0.15, 0.2) is 5.82 Å². The second kappa shape index (κ2) is 3.76. The van der Waals surface area contributed by atoms with Gasteiger partial charge in [0, 0.05) is 6.20 Å². The molecule has 0 bridgehead atoms. The van der Waals surface area contributed by atoms with Crippen molar-refractivity contribution in [1.29, 1.82) is 0 Å². The molecule has 7 heteroatoms. The molecule has 0 atom stereocenters. The van der Waals surface area contributed by atoms with Gasteiger partial charge in [0.05, 0.1) is 5.56 Å². The fourth-order valence-electron chi connectivity index (χ4n) is 0.662. The summed E-state index contributed by atoms with van der Waals surface area (Å²) in [6, 6.07) is 2.64. The number of carbonyl (C=O) groups is 1. The number of primary amides is 1. The van der Waals surface area contributed by atoms with Crippen molar-refractivity contribution >= 4 is 22.2 Å². The molecule has 0 saturated carbocycles. The standard InChI is InChI=1S/C6H5N3O3S/c7-6(10)4-1-2-5(8-3-4)9-13(11)12/h1-3H,(H2,7,10). The lowest BCUT2D eigenvalue weighted by Gasteiger charge is -1.92. The molecule has 6 nitrogen and oxygen atoms in total. The van der Waals surface area contributed by atoms with Crippen LogP contribution in [0.3, 0.4) is 0 Å². The van der Waals surface area contributed by atoms with Crippen LogP contribution in [0.2, 0.25) is 0 Å². The van der Waals surface area contributed by atoms with E-state index in [-0.39, 0.29) is 11.4 Å². The zero-order valence-corrected chi connectivity index (χ0v) is 7.15. The van der Waals surface area contributed by atoms with Crippen molar-refractivity contribution in [2.75, 3.05) is 0 Å². The second-order valence-corrected chi connectivity index (χ2v) is 2.69. The summed E-state index contributed by atoms with van der Waals surface area (Å²) in [5, 5.41) is 0. The van der Waals surface area contributed by atoms with Gasteiger partial charge in [-0.3, -0.25) is 4.79 Å². The molecule has 0 aliphatic carbocycles. The Labute approximate surface area is 75.1 Å². The molecule has 0 unspecified atom stereocenters. The summed E-state index contributed by atoms with van der Waals surface area (Å²) in [5.74, 6) is -0.611. The SMILES string of the molecule is NC(=O)c1ccc(N=S(=O)=O)nc1. The topological polar surface area (TPSA) is 102 Å². The monoisotopic (exact) mass is 199 g/mol. The summed E-state index contributed by atoms with van der Waals surface area (Å²) in [6.07, 6.45) is 1.16.